The number of tetrazole rings is 1. The Morgan fingerprint density at radius 3 is 2.57 bits per heavy atom. The first-order valence-electron chi connectivity index (χ1n) is 7.69. The normalized spacial score (nSPS) is 11.3. The molecule has 0 atom stereocenters. The van der Waals surface area contributed by atoms with Crippen LogP contribution in [0.5, 0.6) is 5.75 Å². The average molecular weight is 317 g/mol. The second kappa shape index (κ2) is 7.21. The van der Waals surface area contributed by atoms with Crippen LogP contribution < -0.4 is 10.1 Å². The lowest BCUT2D eigenvalue weighted by Crippen LogP contribution is -2.21. The number of carbonyl (C=O) groups is 1. The minimum atomic E-state index is -0.319. The van der Waals surface area contributed by atoms with E-state index in [0.29, 0.717) is 12.3 Å². The summed E-state index contributed by atoms with van der Waals surface area (Å²) in [6.45, 7) is 9.02. The van der Waals surface area contributed by atoms with E-state index in [2.05, 4.69) is 41.5 Å². The molecule has 0 bridgehead atoms. The fraction of sp³-hybridized carbons (Fsp3) is 0.500. The molecule has 0 spiro atoms. The Balaban J connectivity index is 1.84. The fourth-order valence-corrected chi connectivity index (χ4v) is 1.95. The van der Waals surface area contributed by atoms with Crippen LogP contribution in [-0.2, 0) is 16.8 Å². The zero-order valence-electron chi connectivity index (χ0n) is 14.0. The standard InChI is InChI=1S/C16H23N5O2/c1-5-10-21-19-15(18-20-21)17-14(22)11-23-13-8-6-12(7-9-13)16(2,3)4/h6-9H,5,10-11H2,1-4H3,(H,17,19,22). The first-order chi connectivity index (χ1) is 10.9. The number of hydrogen-bond acceptors (Lipinski definition) is 5. The molecule has 1 amide bonds. The van der Waals surface area contributed by atoms with Crippen molar-refractivity contribution in [2.45, 2.75) is 46.1 Å². The number of amides is 1. The van der Waals surface area contributed by atoms with E-state index in [0.717, 1.165) is 6.42 Å². The Kier molecular flexibility index (Phi) is 5.31. The van der Waals surface area contributed by atoms with E-state index >= 15 is 0 Å². The molecule has 0 saturated carbocycles. The number of aromatic nitrogens is 4. The second-order valence-corrected chi connectivity index (χ2v) is 6.32. The minimum absolute atomic E-state index is 0.0892. The van der Waals surface area contributed by atoms with Crippen LogP contribution in [0, 0.1) is 0 Å². The van der Waals surface area contributed by atoms with Gasteiger partial charge in [0.2, 0.25) is 0 Å². The summed E-state index contributed by atoms with van der Waals surface area (Å²) in [6, 6.07) is 7.74. The van der Waals surface area contributed by atoms with Crippen molar-refractivity contribution in [2.24, 2.45) is 0 Å². The Morgan fingerprint density at radius 1 is 1.26 bits per heavy atom. The van der Waals surface area contributed by atoms with Gasteiger partial charge in [0, 0.05) is 0 Å². The molecule has 1 aromatic heterocycles. The van der Waals surface area contributed by atoms with E-state index < -0.39 is 0 Å². The minimum Gasteiger partial charge on any atom is -0.484 e. The highest BCUT2D eigenvalue weighted by molar-refractivity contribution is 5.90. The van der Waals surface area contributed by atoms with E-state index in [-0.39, 0.29) is 23.9 Å². The molecule has 2 rings (SSSR count). The number of carbonyl (C=O) groups excluding carboxylic acids is 1. The van der Waals surface area contributed by atoms with Crippen LogP contribution in [0.4, 0.5) is 5.95 Å². The predicted octanol–water partition coefficient (Wildman–Crippen LogP) is 2.40. The summed E-state index contributed by atoms with van der Waals surface area (Å²) in [6.07, 6.45) is 0.900. The van der Waals surface area contributed by atoms with Gasteiger partial charge < -0.3 is 4.74 Å². The second-order valence-electron chi connectivity index (χ2n) is 6.32. The van der Waals surface area contributed by atoms with Gasteiger partial charge in [-0.15, -0.1) is 5.10 Å². The molecule has 23 heavy (non-hydrogen) atoms. The van der Waals surface area contributed by atoms with Gasteiger partial charge in [-0.05, 0) is 34.7 Å². The van der Waals surface area contributed by atoms with Gasteiger partial charge in [0.1, 0.15) is 5.75 Å². The van der Waals surface area contributed by atoms with Crippen LogP contribution in [0.1, 0.15) is 39.7 Å². The molecular formula is C16H23N5O2. The topological polar surface area (TPSA) is 81.9 Å². The third kappa shape index (κ3) is 5.05. The molecule has 1 heterocycles. The van der Waals surface area contributed by atoms with E-state index in [4.69, 9.17) is 4.74 Å². The Labute approximate surface area is 136 Å². The van der Waals surface area contributed by atoms with E-state index in [1.54, 1.807) is 0 Å². The van der Waals surface area contributed by atoms with Gasteiger partial charge in [-0.2, -0.15) is 4.80 Å². The van der Waals surface area contributed by atoms with Crippen molar-refractivity contribution < 1.29 is 9.53 Å². The maximum absolute atomic E-state index is 11.8. The van der Waals surface area contributed by atoms with E-state index in [1.807, 2.05) is 31.2 Å². The first-order valence-corrected chi connectivity index (χ1v) is 7.69. The number of anilines is 1. The first kappa shape index (κ1) is 16.9. The van der Waals surface area contributed by atoms with Crippen LogP contribution in [0.25, 0.3) is 0 Å². The smallest absolute Gasteiger partial charge is 0.270 e. The zero-order valence-corrected chi connectivity index (χ0v) is 14.0. The number of aryl methyl sites for hydroxylation is 1. The quantitative estimate of drug-likeness (QED) is 0.884. The molecule has 0 fully saturated rings. The zero-order chi connectivity index (χ0) is 16.9. The third-order valence-electron chi connectivity index (χ3n) is 3.22. The molecule has 0 aliphatic carbocycles. The molecule has 1 N–H and O–H groups in total. The summed E-state index contributed by atoms with van der Waals surface area (Å²) in [5.41, 5.74) is 1.30. The van der Waals surface area contributed by atoms with Crippen molar-refractivity contribution in [1.29, 1.82) is 0 Å². The molecule has 0 saturated heterocycles. The molecule has 7 nitrogen and oxygen atoms in total. The van der Waals surface area contributed by atoms with Crippen molar-refractivity contribution >= 4 is 11.9 Å². The summed E-state index contributed by atoms with van der Waals surface area (Å²) < 4.78 is 5.47. The summed E-state index contributed by atoms with van der Waals surface area (Å²) in [5.74, 6) is 0.520. The van der Waals surface area contributed by atoms with Gasteiger partial charge in [-0.25, -0.2) is 0 Å². The number of benzene rings is 1. The van der Waals surface area contributed by atoms with Gasteiger partial charge in [-0.3, -0.25) is 10.1 Å². The van der Waals surface area contributed by atoms with Gasteiger partial charge >= 0.3 is 0 Å². The Hall–Kier alpha value is -2.44. The van der Waals surface area contributed by atoms with Crippen LogP contribution in [0.3, 0.4) is 0 Å². The lowest BCUT2D eigenvalue weighted by molar-refractivity contribution is -0.118. The van der Waals surface area contributed by atoms with E-state index in [1.165, 1.54) is 10.4 Å². The Bertz CT molecular complexity index is 643. The lowest BCUT2D eigenvalue weighted by Gasteiger charge is -2.19. The molecule has 2 aromatic rings. The summed E-state index contributed by atoms with van der Waals surface area (Å²) in [7, 11) is 0. The highest BCUT2D eigenvalue weighted by Crippen LogP contribution is 2.24. The van der Waals surface area contributed by atoms with Crippen LogP contribution in [0.2, 0.25) is 0 Å². The van der Waals surface area contributed by atoms with Crippen LogP contribution in [0.15, 0.2) is 24.3 Å². The molecular weight excluding hydrogens is 294 g/mol. The van der Waals surface area contributed by atoms with Gasteiger partial charge in [0.15, 0.2) is 6.61 Å². The van der Waals surface area contributed by atoms with Crippen molar-refractivity contribution in [2.75, 3.05) is 11.9 Å². The summed E-state index contributed by atoms with van der Waals surface area (Å²) in [4.78, 5) is 13.3. The van der Waals surface area contributed by atoms with Crippen molar-refractivity contribution in [3.05, 3.63) is 29.8 Å². The number of nitrogens with one attached hydrogen (secondary N) is 1. The van der Waals surface area contributed by atoms with Crippen LogP contribution >= 0.6 is 0 Å². The number of rotatable bonds is 6. The average Bonchev–Trinajstić information content (AvgIpc) is 2.92. The fourth-order valence-electron chi connectivity index (χ4n) is 1.95. The van der Waals surface area contributed by atoms with Crippen LogP contribution in [-0.4, -0.2) is 32.7 Å². The summed E-state index contributed by atoms with van der Waals surface area (Å²) in [5, 5.41) is 14.2. The number of nitrogens with zero attached hydrogens (tertiary/aromatic N) is 4. The molecule has 0 unspecified atom stereocenters. The predicted molar refractivity (Wildman–Crippen MR) is 87.4 cm³/mol. The van der Waals surface area contributed by atoms with Crippen molar-refractivity contribution in [3.8, 4) is 5.75 Å². The highest BCUT2D eigenvalue weighted by atomic mass is 16.5. The van der Waals surface area contributed by atoms with Crippen molar-refractivity contribution in [3.63, 3.8) is 0 Å². The molecule has 124 valence electrons. The summed E-state index contributed by atoms with van der Waals surface area (Å²) >= 11 is 0. The monoisotopic (exact) mass is 317 g/mol. The largest absolute Gasteiger partial charge is 0.484 e. The molecule has 7 heteroatoms. The van der Waals surface area contributed by atoms with Gasteiger partial charge in [0.05, 0.1) is 6.54 Å². The SMILES string of the molecule is CCCn1nnc(NC(=O)COc2ccc(C(C)(C)C)cc2)n1. The van der Waals surface area contributed by atoms with Gasteiger partial charge in [-0.1, -0.05) is 44.9 Å². The maximum atomic E-state index is 11.8. The van der Waals surface area contributed by atoms with E-state index in [9.17, 15) is 4.79 Å². The highest BCUT2D eigenvalue weighted by Gasteiger charge is 2.13. The Morgan fingerprint density at radius 2 is 1.96 bits per heavy atom. The molecule has 0 radical (unpaired) electrons. The molecule has 0 aliphatic heterocycles. The van der Waals surface area contributed by atoms with Gasteiger partial charge in [0.25, 0.3) is 11.9 Å². The number of hydrogen-bond donors (Lipinski definition) is 1. The number of ether oxygens (including phenoxy) is 1. The van der Waals surface area contributed by atoms with Crippen molar-refractivity contribution in [1.82, 2.24) is 20.2 Å². The third-order valence-corrected chi connectivity index (χ3v) is 3.22. The maximum Gasteiger partial charge on any atom is 0.270 e. The lowest BCUT2D eigenvalue weighted by atomic mass is 9.87. The molecule has 1 aromatic carbocycles. The molecule has 0 aliphatic rings.